The molecule has 0 heterocycles. The summed E-state index contributed by atoms with van der Waals surface area (Å²) >= 11 is 0. The number of hydrogen-bond donors (Lipinski definition) is 0. The van der Waals surface area contributed by atoms with Gasteiger partial charge in [-0.15, -0.1) is 0 Å². The van der Waals surface area contributed by atoms with Crippen molar-refractivity contribution in [1.82, 2.24) is 0 Å². The molecular weight excluding hydrogens is 230 g/mol. The molecule has 2 nitrogen and oxygen atoms in total. The molecule has 17 heavy (non-hydrogen) atoms. The summed E-state index contributed by atoms with van der Waals surface area (Å²) in [5, 5.41) is 0. The van der Waals surface area contributed by atoms with Gasteiger partial charge < -0.3 is 0 Å². The molecule has 0 aliphatic heterocycles. The van der Waals surface area contributed by atoms with Crippen molar-refractivity contribution in [3.63, 3.8) is 0 Å². The van der Waals surface area contributed by atoms with Gasteiger partial charge in [-0.3, -0.25) is 0 Å². The zero-order chi connectivity index (χ0) is 12.5. The van der Waals surface area contributed by atoms with Gasteiger partial charge in [0.2, 0.25) is 9.84 Å². The Kier molecular flexibility index (Phi) is 3.11. The van der Waals surface area contributed by atoms with E-state index in [0.717, 1.165) is 0 Å². The Morgan fingerprint density at radius 2 is 0.941 bits per heavy atom. The van der Waals surface area contributed by atoms with Crippen molar-refractivity contribution in [2.45, 2.75) is 9.79 Å². The fourth-order valence-corrected chi connectivity index (χ4v) is 2.69. The molecular formula is C12H8B2O2S. The molecule has 0 unspecified atom stereocenters. The van der Waals surface area contributed by atoms with Crippen molar-refractivity contribution < 1.29 is 8.42 Å². The Bertz CT molecular complexity index is 565. The molecule has 2 aromatic rings. The summed E-state index contributed by atoms with van der Waals surface area (Å²) in [7, 11) is 7.55. The van der Waals surface area contributed by atoms with E-state index in [4.69, 9.17) is 15.7 Å². The lowest BCUT2D eigenvalue weighted by molar-refractivity contribution is 0.596. The molecule has 0 aromatic heterocycles. The SMILES string of the molecule is [B]c1ccc(S(=O)(=O)c2ccc([B])cc2)cc1. The number of benzene rings is 2. The molecule has 0 spiro atoms. The maximum Gasteiger partial charge on any atom is 0.206 e. The molecule has 0 saturated heterocycles. The Morgan fingerprint density at radius 1 is 0.647 bits per heavy atom. The van der Waals surface area contributed by atoms with Crippen molar-refractivity contribution in [2.75, 3.05) is 0 Å². The minimum Gasteiger partial charge on any atom is -0.219 e. The van der Waals surface area contributed by atoms with Crippen molar-refractivity contribution in [1.29, 1.82) is 0 Å². The summed E-state index contributed by atoms with van der Waals surface area (Å²) in [4.78, 5) is 0.438. The summed E-state index contributed by atoms with van der Waals surface area (Å²) in [5.41, 5.74) is 1.06. The van der Waals surface area contributed by atoms with Crippen LogP contribution in [0.25, 0.3) is 0 Å². The molecule has 0 aliphatic carbocycles. The van der Waals surface area contributed by atoms with Gasteiger partial charge >= 0.3 is 0 Å². The van der Waals surface area contributed by atoms with Gasteiger partial charge in [0.1, 0.15) is 15.7 Å². The van der Waals surface area contributed by atoms with Crippen LogP contribution in [0.2, 0.25) is 0 Å². The van der Waals surface area contributed by atoms with Gasteiger partial charge in [0.25, 0.3) is 0 Å². The van der Waals surface area contributed by atoms with Crippen molar-refractivity contribution in [2.24, 2.45) is 0 Å². The molecule has 0 aliphatic rings. The van der Waals surface area contributed by atoms with Crippen LogP contribution in [0.15, 0.2) is 58.3 Å². The number of sulfone groups is 1. The van der Waals surface area contributed by atoms with E-state index in [0.29, 0.717) is 10.9 Å². The Balaban J connectivity index is 2.50. The molecule has 0 bridgehead atoms. The molecule has 4 radical (unpaired) electrons. The van der Waals surface area contributed by atoms with E-state index >= 15 is 0 Å². The summed E-state index contributed by atoms with van der Waals surface area (Å²) in [6, 6.07) is 12.2. The second-order valence-electron chi connectivity index (χ2n) is 3.64. The first kappa shape index (κ1) is 12.0. The topological polar surface area (TPSA) is 34.1 Å². The largest absolute Gasteiger partial charge is 0.219 e. The Labute approximate surface area is 103 Å². The second-order valence-corrected chi connectivity index (χ2v) is 5.59. The first-order valence-electron chi connectivity index (χ1n) is 4.96. The maximum atomic E-state index is 12.2. The van der Waals surface area contributed by atoms with Crippen molar-refractivity contribution >= 4 is 36.5 Å². The molecule has 0 atom stereocenters. The van der Waals surface area contributed by atoms with Crippen LogP contribution in [0.5, 0.6) is 0 Å². The lowest BCUT2D eigenvalue weighted by atomic mass is 9.97. The molecule has 5 heteroatoms. The summed E-state index contributed by atoms with van der Waals surface area (Å²) in [6.07, 6.45) is 0. The predicted octanol–water partition coefficient (Wildman–Crippen LogP) is 0.107. The van der Waals surface area contributed by atoms with Gasteiger partial charge in [0.05, 0.1) is 9.79 Å². The standard InChI is InChI=1S/C12H8B2O2S/c13-9-1-5-11(6-2-9)17(15,16)12-7-3-10(14)4-8-12/h1-8H. The number of rotatable bonds is 2. The van der Waals surface area contributed by atoms with Gasteiger partial charge in [-0.05, 0) is 24.3 Å². The second kappa shape index (κ2) is 4.41. The van der Waals surface area contributed by atoms with Crippen LogP contribution in [-0.4, -0.2) is 24.1 Å². The van der Waals surface area contributed by atoms with Gasteiger partial charge in [-0.2, -0.15) is 0 Å². The summed E-state index contributed by atoms with van der Waals surface area (Å²) < 4.78 is 24.3. The average molecular weight is 238 g/mol. The third-order valence-corrected chi connectivity index (χ3v) is 4.17. The molecule has 2 rings (SSSR count). The van der Waals surface area contributed by atoms with Crippen LogP contribution in [0.4, 0.5) is 0 Å². The monoisotopic (exact) mass is 238 g/mol. The summed E-state index contributed by atoms with van der Waals surface area (Å²) in [6.45, 7) is 0. The highest BCUT2D eigenvalue weighted by molar-refractivity contribution is 7.91. The third-order valence-electron chi connectivity index (χ3n) is 2.38. The molecule has 2 aromatic carbocycles. The fraction of sp³-hybridized carbons (Fsp3) is 0. The first-order valence-corrected chi connectivity index (χ1v) is 6.44. The average Bonchev–Trinajstić information content (AvgIpc) is 2.30. The minimum absolute atomic E-state index is 0.219. The van der Waals surface area contributed by atoms with Crippen LogP contribution in [-0.2, 0) is 9.84 Å². The quantitative estimate of drug-likeness (QED) is 0.695. The Hall–Kier alpha value is -1.48. The molecule has 80 valence electrons. The van der Waals surface area contributed by atoms with Crippen LogP contribution in [0.3, 0.4) is 0 Å². The van der Waals surface area contributed by atoms with Crippen LogP contribution in [0, 0.1) is 0 Å². The van der Waals surface area contributed by atoms with E-state index in [1.165, 1.54) is 24.3 Å². The smallest absolute Gasteiger partial charge is 0.206 e. The fourth-order valence-electron chi connectivity index (χ4n) is 1.43. The van der Waals surface area contributed by atoms with Crippen LogP contribution >= 0.6 is 0 Å². The van der Waals surface area contributed by atoms with Crippen molar-refractivity contribution in [3.8, 4) is 0 Å². The van der Waals surface area contributed by atoms with Crippen LogP contribution in [0.1, 0.15) is 0 Å². The molecule has 0 amide bonds. The predicted molar refractivity (Wildman–Crippen MR) is 69.1 cm³/mol. The zero-order valence-electron chi connectivity index (χ0n) is 9.00. The third kappa shape index (κ3) is 2.44. The zero-order valence-corrected chi connectivity index (χ0v) is 9.81. The first-order chi connectivity index (χ1) is 8.00. The molecule has 0 saturated carbocycles. The van der Waals surface area contributed by atoms with Gasteiger partial charge in [-0.1, -0.05) is 35.2 Å². The van der Waals surface area contributed by atoms with E-state index in [2.05, 4.69) is 0 Å². The normalized spacial score (nSPS) is 11.3. The lowest BCUT2D eigenvalue weighted by Gasteiger charge is -2.05. The highest BCUT2D eigenvalue weighted by Gasteiger charge is 2.16. The van der Waals surface area contributed by atoms with Gasteiger partial charge in [-0.25, -0.2) is 8.42 Å². The molecule has 0 fully saturated rings. The van der Waals surface area contributed by atoms with E-state index in [9.17, 15) is 8.42 Å². The molecule has 0 N–H and O–H groups in total. The summed E-state index contributed by atoms with van der Waals surface area (Å²) in [5.74, 6) is 0. The highest BCUT2D eigenvalue weighted by atomic mass is 32.2. The van der Waals surface area contributed by atoms with E-state index in [-0.39, 0.29) is 9.79 Å². The van der Waals surface area contributed by atoms with E-state index in [1.807, 2.05) is 0 Å². The minimum atomic E-state index is -3.48. The number of hydrogen-bond acceptors (Lipinski definition) is 2. The van der Waals surface area contributed by atoms with Crippen LogP contribution < -0.4 is 10.9 Å². The maximum absolute atomic E-state index is 12.2. The van der Waals surface area contributed by atoms with Crippen molar-refractivity contribution in [3.05, 3.63) is 48.5 Å². The van der Waals surface area contributed by atoms with Gasteiger partial charge in [0.15, 0.2) is 0 Å². The highest BCUT2D eigenvalue weighted by Crippen LogP contribution is 2.18. The van der Waals surface area contributed by atoms with E-state index < -0.39 is 9.84 Å². The Morgan fingerprint density at radius 3 is 1.24 bits per heavy atom. The van der Waals surface area contributed by atoms with E-state index in [1.54, 1.807) is 24.3 Å². The van der Waals surface area contributed by atoms with Gasteiger partial charge in [0, 0.05) is 0 Å². The lowest BCUT2D eigenvalue weighted by Crippen LogP contribution is -2.08.